The molecule has 0 aromatic heterocycles. The van der Waals surface area contributed by atoms with E-state index in [-0.39, 0.29) is 49.0 Å². The smallest absolute Gasteiger partial charge is 0.334 e. The van der Waals surface area contributed by atoms with E-state index in [1.54, 1.807) is 46.1 Å². The van der Waals surface area contributed by atoms with Crippen molar-refractivity contribution in [3.63, 3.8) is 0 Å². The molecule has 2 aromatic carbocycles. The maximum Gasteiger partial charge on any atom is 0.334 e. The Bertz CT molecular complexity index is 1130. The van der Waals surface area contributed by atoms with Gasteiger partial charge >= 0.3 is 6.03 Å². The molecule has 0 unspecified atom stereocenters. The molecule has 4 rings (SSSR count). The fraction of sp³-hybridized carbons (Fsp3) is 0.444. The number of hydrogen-bond donors (Lipinski definition) is 1. The van der Waals surface area contributed by atoms with Crippen LogP contribution in [0, 0.1) is 17.6 Å². The number of hydrazine groups is 1. The lowest BCUT2D eigenvalue weighted by atomic mass is 9.96. The number of carbonyl (C=O) groups is 3. The fourth-order valence-corrected chi connectivity index (χ4v) is 4.96. The molecule has 2 saturated heterocycles. The van der Waals surface area contributed by atoms with Gasteiger partial charge in [-0.2, -0.15) is 0 Å². The Balaban J connectivity index is 1.55. The van der Waals surface area contributed by atoms with Gasteiger partial charge < -0.3 is 15.1 Å². The summed E-state index contributed by atoms with van der Waals surface area (Å²) < 4.78 is 26.6. The molecule has 8 nitrogen and oxygen atoms in total. The Kier molecular flexibility index (Phi) is 8.06. The van der Waals surface area contributed by atoms with Gasteiger partial charge in [0.1, 0.15) is 23.8 Å². The van der Waals surface area contributed by atoms with Crippen LogP contribution in [-0.4, -0.2) is 76.6 Å². The Hall–Kier alpha value is -3.53. The summed E-state index contributed by atoms with van der Waals surface area (Å²) >= 11 is 0. The number of fused-ring (bicyclic) bond motifs is 1. The number of hydrogen-bond acceptors (Lipinski definition) is 4. The van der Waals surface area contributed by atoms with Crippen LogP contribution in [-0.2, 0) is 22.6 Å². The molecular weight excluding hydrogens is 480 g/mol. The van der Waals surface area contributed by atoms with Crippen LogP contribution < -0.4 is 5.32 Å². The fourth-order valence-electron chi connectivity index (χ4n) is 4.96. The second-order valence-electron chi connectivity index (χ2n) is 10.0. The van der Waals surface area contributed by atoms with Crippen LogP contribution in [0.15, 0.2) is 48.5 Å². The van der Waals surface area contributed by atoms with E-state index in [2.05, 4.69) is 5.32 Å². The van der Waals surface area contributed by atoms with E-state index in [0.717, 1.165) is 11.1 Å². The quantitative estimate of drug-likeness (QED) is 0.618. The average Bonchev–Trinajstić information content (AvgIpc) is 2.85. The van der Waals surface area contributed by atoms with Crippen LogP contribution in [0.4, 0.5) is 13.6 Å². The van der Waals surface area contributed by atoms with Crippen LogP contribution >= 0.6 is 0 Å². The van der Waals surface area contributed by atoms with E-state index in [1.807, 2.05) is 13.8 Å². The van der Waals surface area contributed by atoms with Crippen molar-refractivity contribution in [3.05, 3.63) is 71.3 Å². The summed E-state index contributed by atoms with van der Waals surface area (Å²) in [6, 6.07) is 10.9. The second kappa shape index (κ2) is 11.2. The number of amides is 4. The number of nitrogens with zero attached hydrogens (tertiary/aromatic N) is 4. The zero-order chi connectivity index (χ0) is 26.7. The highest BCUT2D eigenvalue weighted by Crippen LogP contribution is 2.29. The first-order valence-corrected chi connectivity index (χ1v) is 12.5. The molecule has 2 aliphatic rings. The summed E-state index contributed by atoms with van der Waals surface area (Å²) in [7, 11) is 1.67. The first-order chi connectivity index (χ1) is 17.6. The standard InChI is InChI=1S/C27H33F2N5O3/c1-18(2)14-23-26(36)32(13-12-19-4-8-21(28)9-5-19)16-24-33(23)25(35)17-31(3)34(24)27(37)30-15-20-6-10-22(29)11-7-20/h4-11,18,23-24H,12-17H2,1-3H3,(H,30,37)/t23-,24-/m0/s1. The van der Waals surface area contributed by atoms with Crippen LogP contribution in [0.1, 0.15) is 31.4 Å². The van der Waals surface area contributed by atoms with E-state index in [1.165, 1.54) is 29.3 Å². The van der Waals surface area contributed by atoms with Crippen molar-refractivity contribution in [2.24, 2.45) is 5.92 Å². The lowest BCUT2D eigenvalue weighted by Gasteiger charge is -2.54. The maximum atomic E-state index is 13.5. The molecule has 1 N–H and O–H groups in total. The SMILES string of the molecule is CC(C)C[C@H]1C(=O)N(CCc2ccc(F)cc2)C[C@H]2N1C(=O)CN(C)N2C(=O)NCc1ccc(F)cc1. The number of piperazine rings is 1. The summed E-state index contributed by atoms with van der Waals surface area (Å²) in [6.07, 6.45) is 0.324. The van der Waals surface area contributed by atoms with Gasteiger partial charge in [0.15, 0.2) is 0 Å². The van der Waals surface area contributed by atoms with Gasteiger partial charge in [-0.1, -0.05) is 38.1 Å². The molecule has 2 aromatic rings. The Morgan fingerprint density at radius 2 is 1.59 bits per heavy atom. The molecule has 2 fully saturated rings. The molecule has 0 saturated carbocycles. The highest BCUT2D eigenvalue weighted by molar-refractivity contribution is 5.91. The van der Waals surface area contributed by atoms with Gasteiger partial charge in [-0.15, -0.1) is 0 Å². The molecule has 37 heavy (non-hydrogen) atoms. The number of nitrogens with one attached hydrogen (secondary N) is 1. The third-order valence-electron chi connectivity index (χ3n) is 6.78. The van der Waals surface area contributed by atoms with E-state index in [4.69, 9.17) is 0 Å². The third-order valence-corrected chi connectivity index (χ3v) is 6.78. The minimum Gasteiger partial charge on any atom is -0.337 e. The minimum absolute atomic E-state index is 0.0298. The largest absolute Gasteiger partial charge is 0.337 e. The van der Waals surface area contributed by atoms with Crippen LogP contribution in [0.2, 0.25) is 0 Å². The summed E-state index contributed by atoms with van der Waals surface area (Å²) in [5.41, 5.74) is 1.63. The molecular formula is C27H33F2N5O3. The first-order valence-electron chi connectivity index (χ1n) is 12.5. The number of halogens is 2. The van der Waals surface area contributed by atoms with Crippen LogP contribution in [0.3, 0.4) is 0 Å². The van der Waals surface area contributed by atoms with Gasteiger partial charge in [0, 0.05) is 20.1 Å². The van der Waals surface area contributed by atoms with Gasteiger partial charge in [-0.05, 0) is 54.2 Å². The van der Waals surface area contributed by atoms with Gasteiger partial charge in [-0.3, -0.25) is 9.59 Å². The van der Waals surface area contributed by atoms with Gasteiger partial charge in [0.2, 0.25) is 11.8 Å². The molecule has 0 radical (unpaired) electrons. The number of rotatable bonds is 7. The van der Waals surface area contributed by atoms with E-state index < -0.39 is 18.2 Å². The van der Waals surface area contributed by atoms with Crippen molar-refractivity contribution in [2.45, 2.75) is 45.4 Å². The normalized spacial score (nSPS) is 20.4. The Labute approximate surface area is 215 Å². The number of benzene rings is 2. The molecule has 0 aliphatic carbocycles. The molecule has 198 valence electrons. The molecule has 0 spiro atoms. The summed E-state index contributed by atoms with van der Waals surface area (Å²) in [6.45, 7) is 4.69. The summed E-state index contributed by atoms with van der Waals surface area (Å²) in [5.74, 6) is -0.871. The van der Waals surface area contributed by atoms with Crippen molar-refractivity contribution < 1.29 is 23.2 Å². The number of likely N-dealkylation sites (N-methyl/N-ethyl adjacent to an activating group) is 1. The molecule has 10 heteroatoms. The number of urea groups is 1. The van der Waals surface area contributed by atoms with Crippen LogP contribution in [0.5, 0.6) is 0 Å². The van der Waals surface area contributed by atoms with Gasteiger partial charge in [-0.25, -0.2) is 23.6 Å². The molecule has 2 atom stereocenters. The highest BCUT2D eigenvalue weighted by Gasteiger charge is 2.50. The molecule has 2 heterocycles. The Morgan fingerprint density at radius 3 is 2.19 bits per heavy atom. The highest BCUT2D eigenvalue weighted by atomic mass is 19.1. The first kappa shape index (κ1) is 26.5. The van der Waals surface area contributed by atoms with Crippen molar-refractivity contribution in [1.82, 2.24) is 25.1 Å². The average molecular weight is 514 g/mol. The summed E-state index contributed by atoms with van der Waals surface area (Å²) in [5, 5.41) is 5.93. The molecule has 4 amide bonds. The third kappa shape index (κ3) is 6.07. The van der Waals surface area contributed by atoms with Crippen molar-refractivity contribution in [1.29, 1.82) is 0 Å². The number of carbonyl (C=O) groups excluding carboxylic acids is 3. The zero-order valence-corrected chi connectivity index (χ0v) is 21.4. The monoisotopic (exact) mass is 513 g/mol. The zero-order valence-electron chi connectivity index (χ0n) is 21.4. The van der Waals surface area contributed by atoms with E-state index in [9.17, 15) is 23.2 Å². The van der Waals surface area contributed by atoms with E-state index >= 15 is 0 Å². The topological polar surface area (TPSA) is 76.2 Å². The molecule has 2 aliphatic heterocycles. The van der Waals surface area contributed by atoms with Gasteiger partial charge in [0.05, 0.1) is 13.1 Å². The van der Waals surface area contributed by atoms with Crippen molar-refractivity contribution >= 4 is 17.8 Å². The second-order valence-corrected chi connectivity index (χ2v) is 10.0. The maximum absolute atomic E-state index is 13.5. The van der Waals surface area contributed by atoms with Crippen molar-refractivity contribution in [2.75, 3.05) is 26.7 Å². The van der Waals surface area contributed by atoms with Gasteiger partial charge in [0.25, 0.3) is 0 Å². The minimum atomic E-state index is -0.680. The predicted molar refractivity (Wildman–Crippen MR) is 134 cm³/mol. The van der Waals surface area contributed by atoms with Crippen molar-refractivity contribution in [3.8, 4) is 0 Å². The lowest BCUT2D eigenvalue weighted by molar-refractivity contribution is -0.187. The summed E-state index contributed by atoms with van der Waals surface area (Å²) in [4.78, 5) is 43.3. The van der Waals surface area contributed by atoms with Crippen LogP contribution in [0.25, 0.3) is 0 Å². The molecule has 0 bridgehead atoms. The van der Waals surface area contributed by atoms with E-state index in [0.29, 0.717) is 19.4 Å². The lowest BCUT2D eigenvalue weighted by Crippen LogP contribution is -2.76. The predicted octanol–water partition coefficient (Wildman–Crippen LogP) is 2.99. The Morgan fingerprint density at radius 1 is 1.00 bits per heavy atom.